The first-order chi connectivity index (χ1) is 17.9. The van der Waals surface area contributed by atoms with Gasteiger partial charge in [0.05, 0.1) is 30.8 Å². The number of benzene rings is 2. The molecule has 2 N–H and O–H groups in total. The number of piperidine rings is 1. The third-order valence-corrected chi connectivity index (χ3v) is 9.78. The molecule has 37 heavy (non-hydrogen) atoms. The van der Waals surface area contributed by atoms with Crippen molar-refractivity contribution in [2.24, 2.45) is 0 Å². The lowest BCUT2D eigenvalue weighted by Crippen LogP contribution is -2.61. The highest BCUT2D eigenvalue weighted by atomic mass is 32.2. The van der Waals surface area contributed by atoms with E-state index in [1.54, 1.807) is 18.2 Å². The van der Waals surface area contributed by atoms with Crippen LogP contribution >= 0.6 is 0 Å². The minimum Gasteiger partial charge on any atom is -0.390 e. The molecule has 2 atom stereocenters. The predicted molar refractivity (Wildman–Crippen MR) is 141 cm³/mol. The Hall–Kier alpha value is -2.34. The van der Waals surface area contributed by atoms with Gasteiger partial charge in [0.15, 0.2) is 0 Å². The van der Waals surface area contributed by atoms with Crippen LogP contribution in [0.25, 0.3) is 0 Å². The van der Waals surface area contributed by atoms with Crippen molar-refractivity contribution >= 4 is 21.6 Å². The largest absolute Gasteiger partial charge is 0.390 e. The lowest BCUT2D eigenvalue weighted by atomic mass is 9.82. The van der Waals surface area contributed by atoms with Crippen LogP contribution in [-0.2, 0) is 26.1 Å². The summed E-state index contributed by atoms with van der Waals surface area (Å²) < 4.78 is 32.6. The fraction of sp³-hybridized carbons (Fsp3) is 0.519. The van der Waals surface area contributed by atoms with Gasteiger partial charge in [-0.1, -0.05) is 36.4 Å². The number of hydrogen-bond acceptors (Lipinski definition) is 7. The quantitative estimate of drug-likeness (QED) is 0.565. The Balaban J connectivity index is 1.18. The summed E-state index contributed by atoms with van der Waals surface area (Å²) in [7, 11) is -3.64. The molecule has 3 heterocycles. The van der Waals surface area contributed by atoms with Gasteiger partial charge in [0.25, 0.3) is 0 Å². The van der Waals surface area contributed by atoms with Crippen molar-refractivity contribution in [2.75, 3.05) is 57.8 Å². The van der Waals surface area contributed by atoms with Crippen LogP contribution in [0.5, 0.6) is 0 Å². The van der Waals surface area contributed by atoms with Gasteiger partial charge in [0.1, 0.15) is 0 Å². The fourth-order valence-corrected chi connectivity index (χ4v) is 7.35. The van der Waals surface area contributed by atoms with Crippen LogP contribution in [0.15, 0.2) is 59.5 Å². The minimum atomic E-state index is -3.64. The van der Waals surface area contributed by atoms with Crippen molar-refractivity contribution in [1.29, 1.82) is 0 Å². The van der Waals surface area contributed by atoms with Gasteiger partial charge >= 0.3 is 0 Å². The Labute approximate surface area is 219 Å². The van der Waals surface area contributed by atoms with E-state index in [2.05, 4.69) is 22.3 Å². The molecule has 5 rings (SSSR count). The van der Waals surface area contributed by atoms with Crippen LogP contribution in [-0.4, -0.2) is 97.7 Å². The summed E-state index contributed by atoms with van der Waals surface area (Å²) in [5.41, 5.74) is 1.44. The molecule has 9 nitrogen and oxygen atoms in total. The summed E-state index contributed by atoms with van der Waals surface area (Å²) in [6.07, 6.45) is 2.29. The zero-order valence-corrected chi connectivity index (χ0v) is 21.9. The molecular weight excluding hydrogens is 492 g/mol. The number of aliphatic hydroxyl groups excluding tert-OH is 1. The van der Waals surface area contributed by atoms with Gasteiger partial charge in [-0.25, -0.2) is 8.42 Å². The number of amides is 1. The second-order valence-corrected chi connectivity index (χ2v) is 12.1. The molecule has 0 saturated carbocycles. The summed E-state index contributed by atoms with van der Waals surface area (Å²) >= 11 is 0. The molecule has 0 bridgehead atoms. The van der Waals surface area contributed by atoms with E-state index in [9.17, 15) is 18.3 Å². The van der Waals surface area contributed by atoms with Gasteiger partial charge in [-0.2, -0.15) is 4.31 Å². The molecule has 10 heteroatoms. The van der Waals surface area contributed by atoms with Gasteiger partial charge in [-0.05, 0) is 49.6 Å². The highest BCUT2D eigenvalue weighted by Gasteiger charge is 2.49. The molecule has 1 spiro atoms. The van der Waals surface area contributed by atoms with E-state index in [0.717, 1.165) is 38.9 Å². The Kier molecular flexibility index (Phi) is 7.94. The lowest BCUT2D eigenvalue weighted by molar-refractivity contribution is -0.120. The number of aliphatic hydroxyl groups is 1. The van der Waals surface area contributed by atoms with Crippen LogP contribution in [0, 0.1) is 0 Å². The van der Waals surface area contributed by atoms with Gasteiger partial charge < -0.3 is 15.2 Å². The number of ether oxygens (including phenoxy) is 1. The van der Waals surface area contributed by atoms with Crippen molar-refractivity contribution in [3.8, 4) is 0 Å². The monoisotopic (exact) mass is 528 g/mol. The SMILES string of the molecule is O=C(CN1CC[C@@]2(CCCN2Cc2ccccc2)[C@@H](O)C1)Nc1cccc(S(=O)(=O)N2CCOCC2)c1. The van der Waals surface area contributed by atoms with E-state index in [-0.39, 0.29) is 22.9 Å². The predicted octanol–water partition coefficient (Wildman–Crippen LogP) is 1.75. The van der Waals surface area contributed by atoms with Crippen LogP contribution in [0.3, 0.4) is 0 Å². The van der Waals surface area contributed by atoms with Gasteiger partial charge in [0, 0.05) is 44.0 Å². The Morgan fingerprint density at radius 2 is 1.81 bits per heavy atom. The maximum atomic E-state index is 13.0. The molecule has 0 aromatic heterocycles. The highest BCUT2D eigenvalue weighted by molar-refractivity contribution is 7.89. The van der Waals surface area contributed by atoms with E-state index in [1.807, 2.05) is 23.1 Å². The molecule has 0 aliphatic carbocycles. The lowest BCUT2D eigenvalue weighted by Gasteiger charge is -2.48. The number of morpholine rings is 1. The van der Waals surface area contributed by atoms with E-state index in [0.29, 0.717) is 38.5 Å². The molecule has 3 fully saturated rings. The number of rotatable bonds is 7. The molecule has 1 amide bonds. The molecule has 3 aliphatic heterocycles. The van der Waals surface area contributed by atoms with Crippen LogP contribution < -0.4 is 5.32 Å². The van der Waals surface area contributed by atoms with Crippen molar-refractivity contribution in [1.82, 2.24) is 14.1 Å². The average Bonchev–Trinajstić information content (AvgIpc) is 3.30. The molecule has 3 saturated heterocycles. The van der Waals surface area contributed by atoms with E-state index in [4.69, 9.17) is 4.74 Å². The number of carbonyl (C=O) groups is 1. The number of carbonyl (C=O) groups excluding carboxylic acids is 1. The van der Waals surface area contributed by atoms with Crippen molar-refractivity contribution < 1.29 is 23.1 Å². The summed E-state index contributed by atoms with van der Waals surface area (Å²) in [5, 5.41) is 14.1. The van der Waals surface area contributed by atoms with Crippen molar-refractivity contribution in [3.63, 3.8) is 0 Å². The number of sulfonamides is 1. The smallest absolute Gasteiger partial charge is 0.243 e. The van der Waals surface area contributed by atoms with Crippen LogP contribution in [0.2, 0.25) is 0 Å². The summed E-state index contributed by atoms with van der Waals surface area (Å²) in [4.78, 5) is 17.4. The topological polar surface area (TPSA) is 102 Å². The summed E-state index contributed by atoms with van der Waals surface area (Å²) in [6, 6.07) is 16.7. The number of nitrogens with one attached hydrogen (secondary N) is 1. The average molecular weight is 529 g/mol. The molecule has 0 radical (unpaired) electrons. The third kappa shape index (κ3) is 5.74. The Morgan fingerprint density at radius 1 is 1.03 bits per heavy atom. The normalized spacial score (nSPS) is 25.9. The molecule has 2 aromatic rings. The van der Waals surface area contributed by atoms with Crippen LogP contribution in [0.1, 0.15) is 24.8 Å². The summed E-state index contributed by atoms with van der Waals surface area (Å²) in [5.74, 6) is -0.225. The van der Waals surface area contributed by atoms with Gasteiger partial charge in [0.2, 0.25) is 15.9 Å². The highest BCUT2D eigenvalue weighted by Crippen LogP contribution is 2.39. The Bertz CT molecular complexity index is 1190. The second kappa shape index (κ2) is 11.2. The van der Waals surface area contributed by atoms with E-state index >= 15 is 0 Å². The first-order valence-corrected chi connectivity index (χ1v) is 14.5. The number of nitrogens with zero attached hydrogens (tertiary/aromatic N) is 3. The fourth-order valence-electron chi connectivity index (χ4n) is 5.90. The number of likely N-dealkylation sites (tertiary alicyclic amines) is 2. The molecule has 200 valence electrons. The Morgan fingerprint density at radius 3 is 2.57 bits per heavy atom. The molecule has 0 unspecified atom stereocenters. The van der Waals surface area contributed by atoms with Crippen molar-refractivity contribution in [2.45, 2.75) is 42.3 Å². The van der Waals surface area contributed by atoms with Crippen molar-refractivity contribution in [3.05, 3.63) is 60.2 Å². The summed E-state index contributed by atoms with van der Waals surface area (Å²) in [6.45, 7) is 4.49. The standard InChI is InChI=1S/C27H36N4O5S/c32-25-20-29(13-11-27(25)10-5-12-30(27)19-22-6-2-1-3-7-22)21-26(33)28-23-8-4-9-24(18-23)37(34,35)31-14-16-36-17-15-31/h1-4,6-9,18,25,32H,5,10-17,19-21H2,(H,28,33)/t25-,27-/m0/s1. The third-order valence-electron chi connectivity index (χ3n) is 7.89. The zero-order chi connectivity index (χ0) is 25.9. The van der Waals surface area contributed by atoms with E-state index in [1.165, 1.54) is 15.9 Å². The maximum Gasteiger partial charge on any atom is 0.243 e. The van der Waals surface area contributed by atoms with Gasteiger partial charge in [-0.15, -0.1) is 0 Å². The van der Waals surface area contributed by atoms with Gasteiger partial charge in [-0.3, -0.25) is 14.6 Å². The van der Waals surface area contributed by atoms with E-state index < -0.39 is 16.1 Å². The first kappa shape index (κ1) is 26.3. The number of anilines is 1. The second-order valence-electron chi connectivity index (χ2n) is 10.2. The first-order valence-electron chi connectivity index (χ1n) is 13.0. The molecule has 3 aliphatic rings. The maximum absolute atomic E-state index is 13.0. The molecule has 2 aromatic carbocycles. The number of hydrogen-bond donors (Lipinski definition) is 2. The number of β-amino-alcohol motifs (C(OH)–C–C–N with tert-alkyl or cyclic N) is 1. The molecular formula is C27H36N4O5S. The van der Waals surface area contributed by atoms with Crippen LogP contribution in [0.4, 0.5) is 5.69 Å². The minimum absolute atomic E-state index is 0.145. The zero-order valence-electron chi connectivity index (χ0n) is 21.1.